The number of carbonyl (C=O) groups is 2. The number of likely N-dealkylation sites (N-methyl/N-ethyl adjacent to an activating group) is 1. The van der Waals surface area contributed by atoms with Gasteiger partial charge in [-0.1, -0.05) is 6.92 Å². The Labute approximate surface area is 123 Å². The van der Waals surface area contributed by atoms with Crippen molar-refractivity contribution in [3.63, 3.8) is 0 Å². The average Bonchev–Trinajstić information content (AvgIpc) is 2.44. The van der Waals surface area contributed by atoms with Crippen LogP contribution in [0.5, 0.6) is 0 Å². The van der Waals surface area contributed by atoms with Gasteiger partial charge in [0.15, 0.2) is 0 Å². The first kappa shape index (κ1) is 16.7. The Morgan fingerprint density at radius 3 is 2.67 bits per heavy atom. The molecular formula is C15H19FN2O3. The summed E-state index contributed by atoms with van der Waals surface area (Å²) in [6.45, 7) is 2.68. The molecule has 21 heavy (non-hydrogen) atoms. The number of aliphatic carboxylic acids is 1. The molecule has 0 aliphatic rings. The molecule has 0 spiro atoms. The van der Waals surface area contributed by atoms with E-state index in [4.69, 9.17) is 5.11 Å². The third kappa shape index (κ3) is 5.64. The second kappa shape index (κ2) is 8.04. The Hall–Kier alpha value is -2.37. The van der Waals surface area contributed by atoms with Crippen LogP contribution in [0.1, 0.15) is 18.9 Å². The number of benzene rings is 1. The molecule has 0 radical (unpaired) electrons. The van der Waals surface area contributed by atoms with Crippen LogP contribution in [0.4, 0.5) is 10.1 Å². The summed E-state index contributed by atoms with van der Waals surface area (Å²) in [6, 6.07) is 4.23. The van der Waals surface area contributed by atoms with E-state index in [0.717, 1.165) is 12.5 Å². The molecule has 5 nitrogen and oxygen atoms in total. The highest BCUT2D eigenvalue weighted by Crippen LogP contribution is 2.20. The summed E-state index contributed by atoms with van der Waals surface area (Å²) < 4.78 is 13.7. The fourth-order valence-electron chi connectivity index (χ4n) is 1.86. The molecule has 0 heterocycles. The van der Waals surface area contributed by atoms with Gasteiger partial charge in [0, 0.05) is 25.4 Å². The molecule has 0 aliphatic heterocycles. The third-order valence-corrected chi connectivity index (χ3v) is 2.80. The fraction of sp³-hybridized carbons (Fsp3) is 0.333. The van der Waals surface area contributed by atoms with E-state index in [1.54, 1.807) is 18.0 Å². The Kier molecular flexibility index (Phi) is 6.39. The second-order valence-corrected chi connectivity index (χ2v) is 4.51. The number of carboxylic acid groups (broad SMARTS) is 1. The number of rotatable bonds is 7. The molecule has 0 aliphatic carbocycles. The van der Waals surface area contributed by atoms with E-state index in [1.807, 2.05) is 6.92 Å². The smallest absolute Gasteiger partial charge is 0.328 e. The van der Waals surface area contributed by atoms with Gasteiger partial charge in [-0.2, -0.15) is 0 Å². The van der Waals surface area contributed by atoms with Crippen molar-refractivity contribution in [3.05, 3.63) is 35.7 Å². The Balaban J connectivity index is 3.06. The average molecular weight is 294 g/mol. The molecule has 1 aromatic rings. The van der Waals surface area contributed by atoms with Crippen LogP contribution in [0.3, 0.4) is 0 Å². The number of anilines is 1. The van der Waals surface area contributed by atoms with Crippen LogP contribution in [0.2, 0.25) is 0 Å². The lowest BCUT2D eigenvalue weighted by atomic mass is 10.1. The van der Waals surface area contributed by atoms with E-state index >= 15 is 0 Å². The summed E-state index contributed by atoms with van der Waals surface area (Å²) in [5.74, 6) is -1.75. The van der Waals surface area contributed by atoms with Gasteiger partial charge in [-0.3, -0.25) is 4.79 Å². The van der Waals surface area contributed by atoms with Gasteiger partial charge in [-0.15, -0.1) is 0 Å². The number of carbonyl (C=O) groups excluding carboxylic acids is 1. The minimum Gasteiger partial charge on any atom is -0.478 e. The normalized spacial score (nSPS) is 10.6. The van der Waals surface area contributed by atoms with Crippen molar-refractivity contribution in [2.75, 3.05) is 25.0 Å². The number of hydrogen-bond acceptors (Lipinski definition) is 3. The topological polar surface area (TPSA) is 69.6 Å². The second-order valence-electron chi connectivity index (χ2n) is 4.51. The number of hydrogen-bond donors (Lipinski definition) is 2. The van der Waals surface area contributed by atoms with Crippen LogP contribution in [0.15, 0.2) is 24.3 Å². The van der Waals surface area contributed by atoms with Crippen molar-refractivity contribution in [1.29, 1.82) is 0 Å². The third-order valence-electron chi connectivity index (χ3n) is 2.80. The number of halogens is 1. The maximum atomic E-state index is 13.7. The predicted octanol–water partition coefficient (Wildman–Crippen LogP) is 1.89. The number of carboxylic acids is 1. The van der Waals surface area contributed by atoms with Crippen LogP contribution in [-0.4, -0.2) is 37.1 Å². The minimum atomic E-state index is -1.10. The lowest BCUT2D eigenvalue weighted by molar-refractivity contribution is -0.131. The van der Waals surface area contributed by atoms with Crippen molar-refractivity contribution in [3.8, 4) is 0 Å². The monoisotopic (exact) mass is 294 g/mol. The van der Waals surface area contributed by atoms with Crippen LogP contribution < -0.4 is 10.2 Å². The zero-order valence-electron chi connectivity index (χ0n) is 12.1. The van der Waals surface area contributed by atoms with Crippen molar-refractivity contribution < 1.29 is 19.1 Å². The van der Waals surface area contributed by atoms with Gasteiger partial charge in [0.25, 0.3) is 0 Å². The zero-order valence-corrected chi connectivity index (χ0v) is 12.1. The summed E-state index contributed by atoms with van der Waals surface area (Å²) in [6.07, 6.45) is 3.06. The van der Waals surface area contributed by atoms with E-state index in [-0.39, 0.29) is 12.5 Å². The maximum absolute atomic E-state index is 13.7. The van der Waals surface area contributed by atoms with E-state index in [1.165, 1.54) is 18.2 Å². The molecule has 0 saturated carbocycles. The molecule has 0 fully saturated rings. The van der Waals surface area contributed by atoms with Gasteiger partial charge >= 0.3 is 5.97 Å². The quantitative estimate of drug-likeness (QED) is 0.753. The minimum absolute atomic E-state index is 0.121. The first-order valence-corrected chi connectivity index (χ1v) is 6.63. The Morgan fingerprint density at radius 1 is 1.38 bits per heavy atom. The van der Waals surface area contributed by atoms with Gasteiger partial charge < -0.3 is 15.3 Å². The Bertz CT molecular complexity index is 544. The molecule has 0 bridgehead atoms. The van der Waals surface area contributed by atoms with Crippen LogP contribution >= 0.6 is 0 Å². The molecule has 0 saturated heterocycles. The fourth-order valence-corrected chi connectivity index (χ4v) is 1.86. The molecular weight excluding hydrogens is 275 g/mol. The molecule has 0 atom stereocenters. The van der Waals surface area contributed by atoms with Gasteiger partial charge in [-0.05, 0) is 36.3 Å². The summed E-state index contributed by atoms with van der Waals surface area (Å²) in [7, 11) is 1.54. The van der Waals surface area contributed by atoms with Gasteiger partial charge in [0.1, 0.15) is 5.82 Å². The predicted molar refractivity (Wildman–Crippen MR) is 79.6 cm³/mol. The summed E-state index contributed by atoms with van der Waals surface area (Å²) >= 11 is 0. The molecule has 0 aromatic heterocycles. The zero-order chi connectivity index (χ0) is 15.8. The molecule has 6 heteroatoms. The summed E-state index contributed by atoms with van der Waals surface area (Å²) in [5, 5.41) is 11.1. The van der Waals surface area contributed by atoms with E-state index in [2.05, 4.69) is 5.32 Å². The lowest BCUT2D eigenvalue weighted by Gasteiger charge is -2.23. The highest BCUT2D eigenvalue weighted by molar-refractivity contribution is 5.85. The van der Waals surface area contributed by atoms with Crippen molar-refractivity contribution >= 4 is 23.6 Å². The summed E-state index contributed by atoms with van der Waals surface area (Å²) in [5.41, 5.74) is 0.982. The number of nitrogens with one attached hydrogen (secondary N) is 1. The van der Waals surface area contributed by atoms with Crippen LogP contribution in [-0.2, 0) is 9.59 Å². The lowest BCUT2D eigenvalue weighted by Crippen LogP contribution is -2.36. The van der Waals surface area contributed by atoms with Crippen LogP contribution in [0.25, 0.3) is 6.08 Å². The Morgan fingerprint density at radius 2 is 2.10 bits per heavy atom. The highest BCUT2D eigenvalue weighted by Gasteiger charge is 2.11. The van der Waals surface area contributed by atoms with Crippen LogP contribution in [0, 0.1) is 5.82 Å². The van der Waals surface area contributed by atoms with Crippen molar-refractivity contribution in [2.45, 2.75) is 13.3 Å². The van der Waals surface area contributed by atoms with E-state index < -0.39 is 11.8 Å². The summed E-state index contributed by atoms with van der Waals surface area (Å²) in [4.78, 5) is 23.8. The molecule has 0 unspecified atom stereocenters. The maximum Gasteiger partial charge on any atom is 0.328 e. The highest BCUT2D eigenvalue weighted by atomic mass is 19.1. The largest absolute Gasteiger partial charge is 0.478 e. The molecule has 114 valence electrons. The first-order valence-electron chi connectivity index (χ1n) is 6.63. The standard InChI is InChI=1S/C15H19FN2O3/c1-3-6-18(10-14(19)17-2)13-8-11(4-5-15(20)21)7-12(16)9-13/h4-5,7-9H,3,6,10H2,1-2H3,(H,17,19)(H,20,21)/b5-4+. The van der Waals surface area contributed by atoms with Crippen molar-refractivity contribution in [2.24, 2.45) is 0 Å². The molecule has 2 N–H and O–H groups in total. The first-order chi connectivity index (χ1) is 9.96. The molecule has 1 amide bonds. The SMILES string of the molecule is CCCN(CC(=O)NC)c1cc(F)cc(/C=C/C(=O)O)c1. The van der Waals surface area contributed by atoms with E-state index in [9.17, 15) is 14.0 Å². The number of amides is 1. The van der Waals surface area contributed by atoms with Gasteiger partial charge in [-0.25, -0.2) is 9.18 Å². The molecule has 1 aromatic carbocycles. The van der Waals surface area contributed by atoms with Gasteiger partial charge in [0.2, 0.25) is 5.91 Å². The molecule has 1 rings (SSSR count). The number of nitrogens with zero attached hydrogens (tertiary/aromatic N) is 1. The van der Waals surface area contributed by atoms with Crippen molar-refractivity contribution in [1.82, 2.24) is 5.32 Å². The van der Waals surface area contributed by atoms with E-state index in [0.29, 0.717) is 17.8 Å². The van der Waals surface area contributed by atoms with Gasteiger partial charge in [0.05, 0.1) is 6.54 Å².